The van der Waals surface area contributed by atoms with Crippen molar-refractivity contribution in [3.63, 3.8) is 0 Å². The molecule has 0 aliphatic rings. The van der Waals surface area contributed by atoms with Crippen molar-refractivity contribution in [1.29, 1.82) is 0 Å². The molecule has 0 heterocycles. The molecule has 0 saturated carbocycles. The maximum atomic E-state index is 12.0. The number of aromatic hydroxyl groups is 1. The van der Waals surface area contributed by atoms with E-state index in [9.17, 15) is 26.7 Å². The third-order valence-corrected chi connectivity index (χ3v) is 3.07. The van der Waals surface area contributed by atoms with E-state index in [0.717, 1.165) is 0 Å². The Hall–Kier alpha value is -1.50. The van der Waals surface area contributed by atoms with Gasteiger partial charge in [0.2, 0.25) is 0 Å². The maximum Gasteiger partial charge on any atom is 0.501 e. The molecule has 0 aromatic heterocycles. The van der Waals surface area contributed by atoms with Gasteiger partial charge in [-0.05, 0) is 25.1 Å². The van der Waals surface area contributed by atoms with E-state index in [-0.39, 0.29) is 16.7 Å². The number of alkyl halides is 3. The predicted octanol–water partition coefficient (Wildman–Crippen LogP) is 2.61. The summed E-state index contributed by atoms with van der Waals surface area (Å²) < 4.78 is 57.5. The van der Waals surface area contributed by atoms with Gasteiger partial charge in [0.1, 0.15) is 5.75 Å². The Bertz CT molecular complexity index is 544. The summed E-state index contributed by atoms with van der Waals surface area (Å²) in [5.41, 5.74) is -4.63. The molecule has 0 aliphatic carbocycles. The average molecular weight is 266 g/mol. The molecule has 7 heteroatoms. The van der Waals surface area contributed by atoms with Crippen molar-refractivity contribution < 1.29 is 26.7 Å². The molecule has 1 rings (SSSR count). The average Bonchev–Trinajstić information content (AvgIpc) is 2.18. The van der Waals surface area contributed by atoms with Crippen LogP contribution < -0.4 is 0 Å². The fourth-order valence-electron chi connectivity index (χ4n) is 1.05. The fourth-order valence-corrected chi connectivity index (χ4v) is 1.53. The van der Waals surface area contributed by atoms with E-state index in [0.29, 0.717) is 11.6 Å². The highest BCUT2D eigenvalue weighted by Crippen LogP contribution is 2.26. The van der Waals surface area contributed by atoms with Crippen LogP contribution in [0.3, 0.4) is 0 Å². The van der Waals surface area contributed by atoms with Crippen LogP contribution in [0.25, 0.3) is 6.08 Å². The molecule has 0 aliphatic heterocycles. The number of sulfone groups is 1. The molecule has 3 nitrogen and oxygen atoms in total. The fraction of sp³-hybridized carbons (Fsp3) is 0.200. The van der Waals surface area contributed by atoms with Crippen LogP contribution in [0.1, 0.15) is 11.1 Å². The van der Waals surface area contributed by atoms with Crippen molar-refractivity contribution in [2.24, 2.45) is 0 Å². The predicted molar refractivity (Wildman–Crippen MR) is 56.9 cm³/mol. The van der Waals surface area contributed by atoms with Gasteiger partial charge in [-0.15, -0.1) is 0 Å². The first-order valence-electron chi connectivity index (χ1n) is 4.42. The van der Waals surface area contributed by atoms with Crippen LogP contribution in [0, 0.1) is 6.92 Å². The topological polar surface area (TPSA) is 54.4 Å². The lowest BCUT2D eigenvalue weighted by molar-refractivity contribution is -0.0423. The van der Waals surface area contributed by atoms with E-state index < -0.39 is 15.3 Å². The summed E-state index contributed by atoms with van der Waals surface area (Å²) in [5, 5.41) is 9.34. The van der Waals surface area contributed by atoms with Gasteiger partial charge < -0.3 is 5.11 Å². The number of benzene rings is 1. The third kappa shape index (κ3) is 3.23. The van der Waals surface area contributed by atoms with Crippen molar-refractivity contribution in [1.82, 2.24) is 0 Å². The van der Waals surface area contributed by atoms with Gasteiger partial charge in [0, 0.05) is 11.0 Å². The van der Waals surface area contributed by atoms with Gasteiger partial charge in [-0.1, -0.05) is 11.6 Å². The summed E-state index contributed by atoms with van der Waals surface area (Å²) in [7, 11) is -5.32. The van der Waals surface area contributed by atoms with E-state index in [1.165, 1.54) is 12.1 Å². The Labute approximate surface area is 96.1 Å². The molecule has 17 heavy (non-hydrogen) atoms. The number of phenolic OH excluding ortho intramolecular Hbond substituents is 1. The van der Waals surface area contributed by atoms with Crippen molar-refractivity contribution in [3.8, 4) is 5.75 Å². The number of aryl methyl sites for hydroxylation is 1. The van der Waals surface area contributed by atoms with Gasteiger partial charge in [0.15, 0.2) is 0 Å². The number of hydrogen-bond donors (Lipinski definition) is 1. The molecular weight excluding hydrogens is 257 g/mol. The molecule has 0 saturated heterocycles. The SMILES string of the molecule is Cc1ccc(O)c(/C=C/S(=O)(=O)C(F)(F)F)c1. The molecular formula is C10H9F3O3S. The smallest absolute Gasteiger partial charge is 0.501 e. The minimum absolute atomic E-state index is 0.0119. The summed E-state index contributed by atoms with van der Waals surface area (Å²) in [6, 6.07) is 4.19. The lowest BCUT2D eigenvalue weighted by Gasteiger charge is -2.03. The van der Waals surface area contributed by atoms with Crippen LogP contribution in [0.4, 0.5) is 13.2 Å². The Balaban J connectivity index is 3.12. The van der Waals surface area contributed by atoms with E-state index in [1.54, 1.807) is 13.0 Å². The molecule has 1 aromatic carbocycles. The Morgan fingerprint density at radius 3 is 2.41 bits per heavy atom. The van der Waals surface area contributed by atoms with Crippen molar-refractivity contribution >= 4 is 15.9 Å². The standard InChI is InChI=1S/C10H9F3O3S/c1-7-2-3-9(14)8(6-7)4-5-17(15,16)10(11,12)13/h2-6,14H,1H3/b5-4+. The summed E-state index contributed by atoms with van der Waals surface area (Å²) >= 11 is 0. The number of halogens is 3. The van der Waals surface area contributed by atoms with Crippen LogP contribution in [-0.4, -0.2) is 19.0 Å². The second kappa shape index (κ2) is 4.40. The van der Waals surface area contributed by atoms with Gasteiger partial charge in [-0.3, -0.25) is 0 Å². The van der Waals surface area contributed by atoms with E-state index in [4.69, 9.17) is 0 Å². The highest BCUT2D eigenvalue weighted by molar-refractivity contribution is 7.95. The van der Waals surface area contributed by atoms with Crippen molar-refractivity contribution in [2.75, 3.05) is 0 Å². The van der Waals surface area contributed by atoms with Crippen LogP contribution in [0.15, 0.2) is 23.6 Å². The summed E-state index contributed by atoms with van der Waals surface area (Å²) in [5.74, 6) is -0.288. The monoisotopic (exact) mass is 266 g/mol. The van der Waals surface area contributed by atoms with Crippen molar-refractivity contribution in [3.05, 3.63) is 34.7 Å². The minimum atomic E-state index is -5.33. The zero-order valence-electron chi connectivity index (χ0n) is 8.69. The Kier molecular flexibility index (Phi) is 3.51. The van der Waals surface area contributed by atoms with E-state index in [1.807, 2.05) is 0 Å². The number of hydrogen-bond acceptors (Lipinski definition) is 3. The molecule has 0 amide bonds. The van der Waals surface area contributed by atoms with Gasteiger partial charge in [-0.25, -0.2) is 8.42 Å². The van der Waals surface area contributed by atoms with Gasteiger partial charge in [0.05, 0.1) is 0 Å². The first kappa shape index (κ1) is 13.6. The van der Waals surface area contributed by atoms with E-state index in [2.05, 4.69) is 0 Å². The number of rotatable bonds is 2. The van der Waals surface area contributed by atoms with Crippen LogP contribution in [0.5, 0.6) is 5.75 Å². The molecule has 0 bridgehead atoms. The van der Waals surface area contributed by atoms with Crippen LogP contribution >= 0.6 is 0 Å². The van der Waals surface area contributed by atoms with Gasteiger partial charge >= 0.3 is 5.51 Å². The highest BCUT2D eigenvalue weighted by atomic mass is 32.2. The molecule has 0 radical (unpaired) electrons. The molecule has 94 valence electrons. The first-order valence-corrected chi connectivity index (χ1v) is 5.97. The molecule has 1 aromatic rings. The van der Waals surface area contributed by atoms with Crippen LogP contribution in [-0.2, 0) is 9.84 Å². The maximum absolute atomic E-state index is 12.0. The lowest BCUT2D eigenvalue weighted by Crippen LogP contribution is -2.20. The largest absolute Gasteiger partial charge is 0.507 e. The molecule has 0 spiro atoms. The lowest BCUT2D eigenvalue weighted by atomic mass is 10.1. The third-order valence-electron chi connectivity index (χ3n) is 1.93. The first-order chi connectivity index (χ1) is 7.63. The molecule has 0 fully saturated rings. The molecule has 1 N–H and O–H groups in total. The highest BCUT2D eigenvalue weighted by Gasteiger charge is 2.43. The quantitative estimate of drug-likeness (QED) is 0.895. The number of phenols is 1. The Morgan fingerprint density at radius 2 is 1.88 bits per heavy atom. The molecule has 0 atom stereocenters. The normalized spacial score (nSPS) is 13.2. The second-order valence-electron chi connectivity index (χ2n) is 3.36. The zero-order valence-corrected chi connectivity index (χ0v) is 9.51. The van der Waals surface area contributed by atoms with Crippen LogP contribution in [0.2, 0.25) is 0 Å². The minimum Gasteiger partial charge on any atom is -0.507 e. The van der Waals surface area contributed by atoms with Gasteiger partial charge in [-0.2, -0.15) is 13.2 Å². The van der Waals surface area contributed by atoms with E-state index >= 15 is 0 Å². The summed E-state index contributed by atoms with van der Waals surface area (Å²) in [4.78, 5) is 0. The summed E-state index contributed by atoms with van der Waals surface area (Å²) in [6.07, 6.45) is 0.713. The van der Waals surface area contributed by atoms with Gasteiger partial charge in [0.25, 0.3) is 9.84 Å². The zero-order chi connectivity index (χ0) is 13.3. The Morgan fingerprint density at radius 1 is 1.29 bits per heavy atom. The van der Waals surface area contributed by atoms with Crippen molar-refractivity contribution in [2.45, 2.75) is 12.4 Å². The summed E-state index contributed by atoms with van der Waals surface area (Å²) in [6.45, 7) is 1.66. The second-order valence-corrected chi connectivity index (χ2v) is 5.18. The molecule has 0 unspecified atom stereocenters.